The lowest BCUT2D eigenvalue weighted by Crippen LogP contribution is -2.26. The molecular formula is C16H19N3O3. The number of aromatic nitrogens is 2. The van der Waals surface area contributed by atoms with E-state index >= 15 is 0 Å². The van der Waals surface area contributed by atoms with Crippen molar-refractivity contribution in [3.63, 3.8) is 0 Å². The molecule has 0 aliphatic heterocycles. The SMILES string of the molecule is COc1ccc(CCNC(=O)c2cncc(C)n2)cc1OC. The molecule has 0 saturated carbocycles. The summed E-state index contributed by atoms with van der Waals surface area (Å²) in [5, 5.41) is 2.83. The van der Waals surface area contributed by atoms with Gasteiger partial charge < -0.3 is 14.8 Å². The Morgan fingerprint density at radius 3 is 2.64 bits per heavy atom. The van der Waals surface area contributed by atoms with Crippen molar-refractivity contribution < 1.29 is 14.3 Å². The summed E-state index contributed by atoms with van der Waals surface area (Å²) in [6, 6.07) is 5.69. The Balaban J connectivity index is 1.92. The van der Waals surface area contributed by atoms with Crippen molar-refractivity contribution in [1.82, 2.24) is 15.3 Å². The first-order valence-electron chi connectivity index (χ1n) is 6.91. The van der Waals surface area contributed by atoms with Crippen molar-refractivity contribution in [2.75, 3.05) is 20.8 Å². The summed E-state index contributed by atoms with van der Waals surface area (Å²) in [5.74, 6) is 1.14. The number of hydrogen-bond donors (Lipinski definition) is 1. The van der Waals surface area contributed by atoms with Gasteiger partial charge in [-0.15, -0.1) is 0 Å². The van der Waals surface area contributed by atoms with Crippen LogP contribution >= 0.6 is 0 Å². The van der Waals surface area contributed by atoms with E-state index in [9.17, 15) is 4.79 Å². The van der Waals surface area contributed by atoms with Gasteiger partial charge in [0, 0.05) is 12.7 Å². The van der Waals surface area contributed by atoms with E-state index in [1.54, 1.807) is 27.3 Å². The Bertz CT molecular complexity index is 659. The Kier molecular flexibility index (Phi) is 5.30. The summed E-state index contributed by atoms with van der Waals surface area (Å²) in [4.78, 5) is 20.0. The van der Waals surface area contributed by atoms with E-state index in [0.29, 0.717) is 35.9 Å². The monoisotopic (exact) mass is 301 g/mol. The molecule has 116 valence electrons. The van der Waals surface area contributed by atoms with Crippen LogP contribution in [0.5, 0.6) is 11.5 Å². The van der Waals surface area contributed by atoms with Crippen molar-refractivity contribution in [3.05, 3.63) is 47.5 Å². The maximum Gasteiger partial charge on any atom is 0.271 e. The van der Waals surface area contributed by atoms with Crippen LogP contribution in [0.4, 0.5) is 0 Å². The molecule has 0 fully saturated rings. The van der Waals surface area contributed by atoms with Gasteiger partial charge in [-0.3, -0.25) is 9.78 Å². The predicted octanol–water partition coefficient (Wildman–Crippen LogP) is 1.77. The highest BCUT2D eigenvalue weighted by molar-refractivity contribution is 5.91. The molecule has 1 amide bonds. The normalized spacial score (nSPS) is 10.1. The summed E-state index contributed by atoms with van der Waals surface area (Å²) in [6.45, 7) is 2.30. The second-order valence-electron chi connectivity index (χ2n) is 4.74. The van der Waals surface area contributed by atoms with Crippen molar-refractivity contribution in [1.29, 1.82) is 0 Å². The summed E-state index contributed by atoms with van der Waals surface area (Å²) < 4.78 is 10.4. The van der Waals surface area contributed by atoms with Gasteiger partial charge in [-0.2, -0.15) is 0 Å². The lowest BCUT2D eigenvalue weighted by Gasteiger charge is -2.10. The van der Waals surface area contributed by atoms with Crippen LogP contribution in [0.1, 0.15) is 21.7 Å². The zero-order valence-electron chi connectivity index (χ0n) is 12.9. The Morgan fingerprint density at radius 2 is 1.95 bits per heavy atom. The highest BCUT2D eigenvalue weighted by Crippen LogP contribution is 2.27. The molecule has 0 aliphatic rings. The van der Waals surface area contributed by atoms with Gasteiger partial charge in [0.05, 0.1) is 26.1 Å². The molecule has 1 aromatic carbocycles. The van der Waals surface area contributed by atoms with Crippen LogP contribution in [0.3, 0.4) is 0 Å². The number of aryl methyl sites for hydroxylation is 1. The van der Waals surface area contributed by atoms with Gasteiger partial charge in [0.2, 0.25) is 0 Å². The number of carbonyl (C=O) groups is 1. The minimum absolute atomic E-state index is 0.225. The van der Waals surface area contributed by atoms with E-state index < -0.39 is 0 Å². The van der Waals surface area contributed by atoms with Crippen molar-refractivity contribution in [2.24, 2.45) is 0 Å². The van der Waals surface area contributed by atoms with Crippen LogP contribution in [-0.2, 0) is 6.42 Å². The van der Waals surface area contributed by atoms with Crippen LogP contribution < -0.4 is 14.8 Å². The summed E-state index contributed by atoms with van der Waals surface area (Å²) in [7, 11) is 3.19. The van der Waals surface area contributed by atoms with Gasteiger partial charge in [0.15, 0.2) is 11.5 Å². The lowest BCUT2D eigenvalue weighted by molar-refractivity contribution is 0.0948. The van der Waals surface area contributed by atoms with E-state index in [-0.39, 0.29) is 5.91 Å². The molecule has 0 radical (unpaired) electrons. The first-order chi connectivity index (χ1) is 10.6. The molecule has 1 heterocycles. The van der Waals surface area contributed by atoms with Gasteiger partial charge in [0.25, 0.3) is 5.91 Å². The third kappa shape index (κ3) is 3.94. The molecule has 6 nitrogen and oxygen atoms in total. The van der Waals surface area contributed by atoms with Crippen molar-refractivity contribution >= 4 is 5.91 Å². The second-order valence-corrected chi connectivity index (χ2v) is 4.74. The molecule has 2 rings (SSSR count). The molecule has 0 unspecified atom stereocenters. The van der Waals surface area contributed by atoms with E-state index in [4.69, 9.17) is 9.47 Å². The molecule has 0 bridgehead atoms. The number of nitrogens with one attached hydrogen (secondary N) is 1. The number of rotatable bonds is 6. The molecule has 0 atom stereocenters. The number of hydrogen-bond acceptors (Lipinski definition) is 5. The fraction of sp³-hybridized carbons (Fsp3) is 0.312. The Labute approximate surface area is 129 Å². The number of methoxy groups -OCH3 is 2. The molecule has 0 aliphatic carbocycles. The molecule has 2 aromatic rings. The minimum atomic E-state index is -0.225. The largest absolute Gasteiger partial charge is 0.493 e. The first kappa shape index (κ1) is 15.8. The number of nitrogens with zero attached hydrogens (tertiary/aromatic N) is 2. The zero-order chi connectivity index (χ0) is 15.9. The van der Waals surface area contributed by atoms with Crippen LogP contribution in [0.15, 0.2) is 30.6 Å². The van der Waals surface area contributed by atoms with Crippen molar-refractivity contribution in [3.8, 4) is 11.5 Å². The fourth-order valence-corrected chi connectivity index (χ4v) is 2.02. The van der Waals surface area contributed by atoms with Crippen LogP contribution in [-0.4, -0.2) is 36.6 Å². The average Bonchev–Trinajstić information content (AvgIpc) is 2.54. The van der Waals surface area contributed by atoms with Crippen molar-refractivity contribution in [2.45, 2.75) is 13.3 Å². The highest BCUT2D eigenvalue weighted by Gasteiger charge is 2.08. The van der Waals surface area contributed by atoms with Gasteiger partial charge in [-0.05, 0) is 31.0 Å². The lowest BCUT2D eigenvalue weighted by atomic mass is 10.1. The van der Waals surface area contributed by atoms with Gasteiger partial charge in [-0.25, -0.2) is 4.98 Å². The van der Waals surface area contributed by atoms with Gasteiger partial charge in [-0.1, -0.05) is 6.07 Å². The van der Waals surface area contributed by atoms with Crippen LogP contribution in [0.25, 0.3) is 0 Å². The van der Waals surface area contributed by atoms with Crippen LogP contribution in [0.2, 0.25) is 0 Å². The molecule has 0 spiro atoms. The smallest absolute Gasteiger partial charge is 0.271 e. The molecule has 22 heavy (non-hydrogen) atoms. The molecule has 0 saturated heterocycles. The summed E-state index contributed by atoms with van der Waals surface area (Å²) in [6.07, 6.45) is 3.75. The molecule has 1 N–H and O–H groups in total. The van der Waals surface area contributed by atoms with E-state index in [1.807, 2.05) is 18.2 Å². The van der Waals surface area contributed by atoms with E-state index in [2.05, 4.69) is 15.3 Å². The molecule has 1 aromatic heterocycles. The van der Waals surface area contributed by atoms with Gasteiger partial charge in [0.1, 0.15) is 5.69 Å². The zero-order valence-corrected chi connectivity index (χ0v) is 12.9. The number of amides is 1. The first-order valence-corrected chi connectivity index (χ1v) is 6.91. The van der Waals surface area contributed by atoms with E-state index in [0.717, 1.165) is 5.56 Å². The van der Waals surface area contributed by atoms with E-state index in [1.165, 1.54) is 6.20 Å². The number of benzene rings is 1. The summed E-state index contributed by atoms with van der Waals surface area (Å²) >= 11 is 0. The Hall–Kier alpha value is -2.63. The second kappa shape index (κ2) is 7.40. The third-order valence-corrected chi connectivity index (χ3v) is 3.13. The standard InChI is InChI=1S/C16H19N3O3/c1-11-9-17-10-13(19-11)16(20)18-7-6-12-4-5-14(21-2)15(8-12)22-3/h4-5,8-10H,6-7H2,1-3H3,(H,18,20). The predicted molar refractivity (Wildman–Crippen MR) is 82.4 cm³/mol. The Morgan fingerprint density at radius 1 is 1.18 bits per heavy atom. The third-order valence-electron chi connectivity index (χ3n) is 3.13. The number of carbonyl (C=O) groups excluding carboxylic acids is 1. The number of ether oxygens (including phenoxy) is 2. The average molecular weight is 301 g/mol. The fourth-order valence-electron chi connectivity index (χ4n) is 2.02. The maximum absolute atomic E-state index is 12.0. The van der Waals surface area contributed by atoms with Crippen LogP contribution in [0, 0.1) is 6.92 Å². The van der Waals surface area contributed by atoms with Gasteiger partial charge >= 0.3 is 0 Å². The maximum atomic E-state index is 12.0. The molecular weight excluding hydrogens is 282 g/mol. The molecule has 6 heteroatoms. The topological polar surface area (TPSA) is 73.3 Å². The minimum Gasteiger partial charge on any atom is -0.493 e. The quantitative estimate of drug-likeness (QED) is 0.880. The highest BCUT2D eigenvalue weighted by atomic mass is 16.5. The summed E-state index contributed by atoms with van der Waals surface area (Å²) in [5.41, 5.74) is 2.09.